The highest BCUT2D eigenvalue weighted by Crippen LogP contribution is 2.55. The van der Waals surface area contributed by atoms with Crippen LogP contribution in [-0.2, 0) is 10.8 Å². The van der Waals surface area contributed by atoms with E-state index in [-0.39, 0.29) is 10.8 Å². The average Bonchev–Trinajstić information content (AvgIpc) is 1.57. The predicted octanol–water partition coefficient (Wildman–Crippen LogP) is 32.9. The highest BCUT2D eigenvalue weighted by Gasteiger charge is 2.39. The van der Waals surface area contributed by atoms with Gasteiger partial charge >= 0.3 is 0 Å². The highest BCUT2D eigenvalue weighted by molar-refractivity contribution is 6.14. The van der Waals surface area contributed by atoms with E-state index in [0.29, 0.717) is 0 Å². The number of fused-ring (bicyclic) bond motifs is 11. The van der Waals surface area contributed by atoms with Gasteiger partial charge in [0, 0.05) is 45.0 Å². The smallest absolute Gasteiger partial charge is 0.0467 e. The normalized spacial score (nSPS) is 12.8. The molecule has 120 heavy (non-hydrogen) atoms. The number of anilines is 6. The Morgan fingerprint density at radius 1 is 0.150 bits per heavy atom. The minimum absolute atomic E-state index is 0.0894. The first-order chi connectivity index (χ1) is 59.0. The molecule has 0 fully saturated rings. The van der Waals surface area contributed by atoms with E-state index in [4.69, 9.17) is 0 Å². The van der Waals surface area contributed by atoms with Crippen molar-refractivity contribution >= 4 is 77.2 Å². The number of hydrogen-bond donors (Lipinski definition) is 0. The maximum absolute atomic E-state index is 2.45. The molecule has 0 bridgehead atoms. The molecule has 566 valence electrons. The SMILES string of the molecule is CC1(C)c2ccccc2-c2ccc(-c3ccc(N(c4ccc(-c5cccc6c5C(C)(C)c5ccc(-c7ccc8c(-c9cccc(-c%10cccc(N(c%11ccc(-c%12ccccc%12)cc%11)c%11ccc(-c%12cc%13ccccc%13c%13ccccc%12%13)cc%11)c%10)c9)cccc8c7)cc5-6)cc4)c4cccc(-c5cccc(-c6cccc7ccccc67)c5)c4)cc3)cc21. The summed E-state index contributed by atoms with van der Waals surface area (Å²) in [6.07, 6.45) is 0. The number of benzene rings is 20. The van der Waals surface area contributed by atoms with Crippen molar-refractivity contribution in [2.45, 2.75) is 38.5 Å². The maximum Gasteiger partial charge on any atom is 0.0467 e. The van der Waals surface area contributed by atoms with E-state index < -0.39 is 0 Å². The minimum atomic E-state index is -0.263. The summed E-state index contributed by atoms with van der Waals surface area (Å²) in [6.45, 7) is 9.54. The Hall–Kier alpha value is -15.0. The summed E-state index contributed by atoms with van der Waals surface area (Å²) in [4.78, 5) is 4.82. The van der Waals surface area contributed by atoms with Crippen molar-refractivity contribution in [1.29, 1.82) is 0 Å². The molecule has 0 N–H and O–H groups in total. The van der Waals surface area contributed by atoms with Gasteiger partial charge < -0.3 is 9.80 Å². The van der Waals surface area contributed by atoms with E-state index in [1.165, 1.54) is 171 Å². The molecular weight excluding hydrogens is 1450 g/mol. The first-order valence-corrected chi connectivity index (χ1v) is 41.9. The van der Waals surface area contributed by atoms with Crippen molar-refractivity contribution in [2.24, 2.45) is 0 Å². The first-order valence-electron chi connectivity index (χ1n) is 41.9. The predicted molar refractivity (Wildman–Crippen MR) is 510 cm³/mol. The van der Waals surface area contributed by atoms with Gasteiger partial charge in [-0.1, -0.05) is 355 Å². The van der Waals surface area contributed by atoms with Crippen molar-refractivity contribution in [3.63, 3.8) is 0 Å². The lowest BCUT2D eigenvalue weighted by atomic mass is 9.78. The van der Waals surface area contributed by atoms with Gasteiger partial charge in [0.1, 0.15) is 0 Å². The lowest BCUT2D eigenvalue weighted by Crippen LogP contribution is -2.16. The Morgan fingerprint density at radius 3 is 1.16 bits per heavy atom. The number of hydrogen-bond acceptors (Lipinski definition) is 2. The van der Waals surface area contributed by atoms with Gasteiger partial charge in [0.2, 0.25) is 0 Å². The Balaban J connectivity index is 0.562. The van der Waals surface area contributed by atoms with Crippen molar-refractivity contribution in [3.8, 4) is 122 Å². The fraction of sp³-hybridized carbons (Fsp3) is 0.0508. The molecule has 0 saturated heterocycles. The summed E-state index contributed by atoms with van der Waals surface area (Å²) in [5.74, 6) is 0. The highest BCUT2D eigenvalue weighted by atomic mass is 15.1. The van der Waals surface area contributed by atoms with Gasteiger partial charge in [0.25, 0.3) is 0 Å². The second-order valence-corrected chi connectivity index (χ2v) is 33.5. The van der Waals surface area contributed by atoms with Crippen molar-refractivity contribution in [2.75, 3.05) is 9.80 Å². The zero-order valence-electron chi connectivity index (χ0n) is 67.5. The average molecular weight is 1530 g/mol. The molecule has 0 atom stereocenters. The standard InChI is InChI=1S/C118H84N2/c1-117(2)113-46-15-14-41-108(113)109-67-56-89(76-115(109)117)79-49-60-95(61-50-79)120(99-36-18-30-85(72-99)83-28-16-32-90(69-83)101-42-20-27-80-25-8-10-37-100(80)101)96-62-51-81(52-63-96)105-44-22-45-110-112-74-88(57-68-114(112)118(3,4)116(105)110)87-55-66-104-92(71-87)34-21-43-102(104)91-33-17-29-84(70-91)86-31-19-35-98(73-86)119(94-58-47-78(48-59-94)77-23-6-5-7-24-77)97-64-53-82(54-65-97)111-75-93-26-9-11-38-103(93)106-39-12-13-40-107(106)111/h5-76H,1-4H3. The number of nitrogens with zero attached hydrogens (tertiary/aromatic N) is 2. The van der Waals surface area contributed by atoms with E-state index in [9.17, 15) is 0 Å². The topological polar surface area (TPSA) is 6.48 Å². The fourth-order valence-electron chi connectivity index (χ4n) is 19.8. The van der Waals surface area contributed by atoms with Crippen LogP contribution < -0.4 is 9.80 Å². The summed E-state index contributed by atoms with van der Waals surface area (Å²) in [7, 11) is 0. The molecule has 20 aromatic rings. The van der Waals surface area contributed by atoms with Crippen LogP contribution in [0.3, 0.4) is 0 Å². The van der Waals surface area contributed by atoms with Crippen molar-refractivity contribution in [3.05, 3.63) is 459 Å². The van der Waals surface area contributed by atoms with Crippen molar-refractivity contribution < 1.29 is 0 Å². The van der Waals surface area contributed by atoms with E-state index in [2.05, 4.69) is 474 Å². The summed E-state index contributed by atoms with van der Waals surface area (Å²) in [5.41, 5.74) is 38.3. The van der Waals surface area contributed by atoms with E-state index >= 15 is 0 Å². The third-order valence-electron chi connectivity index (χ3n) is 25.8. The van der Waals surface area contributed by atoms with Crippen LogP contribution >= 0.6 is 0 Å². The quantitative estimate of drug-likeness (QED) is 0.0944. The second-order valence-electron chi connectivity index (χ2n) is 33.5. The summed E-state index contributed by atoms with van der Waals surface area (Å²) in [6, 6.07) is 163. The molecule has 22 rings (SSSR count). The lowest BCUT2D eigenvalue weighted by molar-refractivity contribution is 0.660. The Morgan fingerprint density at radius 2 is 0.517 bits per heavy atom. The van der Waals surface area contributed by atoms with Gasteiger partial charge in [-0.25, -0.2) is 0 Å². The van der Waals surface area contributed by atoms with Crippen LogP contribution in [0.1, 0.15) is 49.9 Å². The van der Waals surface area contributed by atoms with Crippen LogP contribution in [0.25, 0.3) is 165 Å². The molecule has 0 radical (unpaired) electrons. The van der Waals surface area contributed by atoms with Crippen LogP contribution in [0.2, 0.25) is 0 Å². The molecule has 2 nitrogen and oxygen atoms in total. The van der Waals surface area contributed by atoms with Crippen molar-refractivity contribution in [1.82, 2.24) is 0 Å². The largest absolute Gasteiger partial charge is 0.310 e. The van der Waals surface area contributed by atoms with Gasteiger partial charge in [0.05, 0.1) is 0 Å². The summed E-state index contributed by atoms with van der Waals surface area (Å²) in [5, 5.41) is 9.94. The summed E-state index contributed by atoms with van der Waals surface area (Å²) >= 11 is 0. The van der Waals surface area contributed by atoms with Crippen LogP contribution in [0, 0.1) is 0 Å². The molecule has 2 aliphatic carbocycles. The fourth-order valence-corrected chi connectivity index (χ4v) is 19.8. The van der Waals surface area contributed by atoms with Crippen LogP contribution in [0.4, 0.5) is 34.1 Å². The molecule has 0 saturated carbocycles. The van der Waals surface area contributed by atoms with E-state index in [1.54, 1.807) is 0 Å². The third-order valence-corrected chi connectivity index (χ3v) is 25.8. The first kappa shape index (κ1) is 71.6. The van der Waals surface area contributed by atoms with Gasteiger partial charge in [-0.2, -0.15) is 0 Å². The molecule has 20 aromatic carbocycles. The van der Waals surface area contributed by atoms with Crippen LogP contribution in [0.5, 0.6) is 0 Å². The Labute approximate surface area is 702 Å². The Bertz CT molecular complexity index is 7430. The van der Waals surface area contributed by atoms with Gasteiger partial charge in [-0.05, 0) is 297 Å². The molecule has 2 aliphatic rings. The van der Waals surface area contributed by atoms with E-state index in [0.717, 1.165) is 50.8 Å². The molecule has 0 unspecified atom stereocenters. The molecule has 0 aromatic heterocycles. The molecule has 0 amide bonds. The van der Waals surface area contributed by atoms with Gasteiger partial charge in [-0.3, -0.25) is 0 Å². The molecule has 0 aliphatic heterocycles. The molecular formula is C118H84N2. The molecule has 0 heterocycles. The second kappa shape index (κ2) is 29.0. The lowest BCUT2D eigenvalue weighted by Gasteiger charge is -2.27. The van der Waals surface area contributed by atoms with Gasteiger partial charge in [-0.15, -0.1) is 0 Å². The minimum Gasteiger partial charge on any atom is -0.310 e. The van der Waals surface area contributed by atoms with Crippen LogP contribution in [0.15, 0.2) is 437 Å². The monoisotopic (exact) mass is 1530 g/mol. The molecule has 0 spiro atoms. The maximum atomic E-state index is 2.45. The molecule has 2 heteroatoms. The van der Waals surface area contributed by atoms with Crippen LogP contribution in [-0.4, -0.2) is 0 Å². The zero-order chi connectivity index (χ0) is 80.2. The van der Waals surface area contributed by atoms with E-state index in [1.807, 2.05) is 0 Å². The Kier molecular flexibility index (Phi) is 17.3. The number of rotatable bonds is 15. The summed E-state index contributed by atoms with van der Waals surface area (Å²) < 4.78 is 0. The third kappa shape index (κ3) is 12.4. The van der Waals surface area contributed by atoms with Gasteiger partial charge in [0.15, 0.2) is 0 Å². The zero-order valence-corrected chi connectivity index (χ0v) is 67.5.